The van der Waals surface area contributed by atoms with Gasteiger partial charge in [0.2, 0.25) is 11.8 Å². The number of carbonyl (C=O) groups excluding carboxylic acids is 3. The number of imidazole rings is 1. The maximum absolute atomic E-state index is 13.0. The first-order valence-corrected chi connectivity index (χ1v) is 11.4. The minimum Gasteiger partial charge on any atom is -0.348 e. The summed E-state index contributed by atoms with van der Waals surface area (Å²) in [6.45, 7) is 3.08. The number of hydrogen-bond acceptors (Lipinski definition) is 5. The number of piperazine rings is 1. The van der Waals surface area contributed by atoms with Crippen molar-refractivity contribution < 1.29 is 14.4 Å². The largest absolute Gasteiger partial charge is 0.348 e. The van der Waals surface area contributed by atoms with Crippen molar-refractivity contribution in [2.45, 2.75) is 6.54 Å². The number of aromatic nitrogens is 2. The van der Waals surface area contributed by atoms with E-state index in [9.17, 15) is 14.4 Å². The van der Waals surface area contributed by atoms with Crippen LogP contribution in [0.2, 0.25) is 0 Å². The molecule has 34 heavy (non-hydrogen) atoms. The maximum Gasteiger partial charge on any atom is 0.287 e. The number of likely N-dealkylation sites (N-methyl/N-ethyl adjacent to an activating group) is 1. The summed E-state index contributed by atoms with van der Waals surface area (Å²) < 4.78 is 1.88. The minimum atomic E-state index is -0.379. The number of amides is 3. The molecule has 2 aromatic carbocycles. The van der Waals surface area contributed by atoms with Crippen molar-refractivity contribution in [2.75, 3.05) is 53.4 Å². The molecule has 0 bridgehead atoms. The van der Waals surface area contributed by atoms with Gasteiger partial charge in [0.15, 0.2) is 5.82 Å². The van der Waals surface area contributed by atoms with Crippen LogP contribution in [0.25, 0.3) is 11.0 Å². The van der Waals surface area contributed by atoms with Gasteiger partial charge in [0, 0.05) is 46.8 Å². The fourth-order valence-corrected chi connectivity index (χ4v) is 4.01. The van der Waals surface area contributed by atoms with Crippen molar-refractivity contribution in [3.8, 4) is 0 Å². The first-order valence-electron chi connectivity index (χ1n) is 11.4. The molecule has 9 heteroatoms. The third-order valence-electron chi connectivity index (χ3n) is 6.02. The van der Waals surface area contributed by atoms with Crippen molar-refractivity contribution in [1.29, 1.82) is 0 Å². The normalized spacial score (nSPS) is 14.2. The smallest absolute Gasteiger partial charge is 0.287 e. The van der Waals surface area contributed by atoms with Crippen LogP contribution in [0.4, 0.5) is 0 Å². The molecule has 0 spiro atoms. The molecule has 1 aliphatic rings. The van der Waals surface area contributed by atoms with Crippen LogP contribution in [0, 0.1) is 0 Å². The molecule has 0 aliphatic carbocycles. The molecule has 1 saturated heterocycles. The summed E-state index contributed by atoms with van der Waals surface area (Å²) >= 11 is 0. The van der Waals surface area contributed by atoms with Crippen LogP contribution in [0.15, 0.2) is 54.6 Å². The summed E-state index contributed by atoms with van der Waals surface area (Å²) in [6.07, 6.45) is 0. The summed E-state index contributed by atoms with van der Waals surface area (Å²) in [5.74, 6) is -0.191. The number of nitrogens with zero attached hydrogens (tertiary/aromatic N) is 5. The number of fused-ring (bicyclic) bond motifs is 1. The number of rotatable bonds is 7. The molecule has 4 rings (SSSR count). The van der Waals surface area contributed by atoms with E-state index in [2.05, 4.69) is 10.3 Å². The highest BCUT2D eigenvalue weighted by molar-refractivity contribution is 5.96. The van der Waals surface area contributed by atoms with Gasteiger partial charge in [-0.25, -0.2) is 4.98 Å². The summed E-state index contributed by atoms with van der Waals surface area (Å²) in [5.41, 5.74) is 2.66. The third kappa shape index (κ3) is 5.43. The van der Waals surface area contributed by atoms with E-state index in [1.54, 1.807) is 23.9 Å². The van der Waals surface area contributed by atoms with Crippen molar-refractivity contribution >= 4 is 28.8 Å². The third-order valence-corrected chi connectivity index (χ3v) is 6.02. The molecular formula is C25H30N6O3. The lowest BCUT2D eigenvalue weighted by Crippen LogP contribution is -2.52. The van der Waals surface area contributed by atoms with Gasteiger partial charge in [-0.05, 0) is 17.7 Å². The molecule has 3 aromatic rings. The highest BCUT2D eigenvalue weighted by atomic mass is 16.2. The Morgan fingerprint density at radius 3 is 2.32 bits per heavy atom. The van der Waals surface area contributed by atoms with Gasteiger partial charge in [0.1, 0.15) is 0 Å². The molecule has 1 aliphatic heterocycles. The SMILES string of the molecule is CN(C)C(=O)CN1CCN(C(=O)CNC(=O)c2nc3ccccc3n2Cc2ccccc2)CC1. The van der Waals surface area contributed by atoms with E-state index < -0.39 is 0 Å². The average Bonchev–Trinajstić information content (AvgIpc) is 3.22. The van der Waals surface area contributed by atoms with Gasteiger partial charge in [-0.3, -0.25) is 19.3 Å². The molecule has 1 aromatic heterocycles. The zero-order valence-corrected chi connectivity index (χ0v) is 19.6. The zero-order chi connectivity index (χ0) is 24.1. The molecule has 178 valence electrons. The quantitative estimate of drug-likeness (QED) is 0.567. The predicted octanol–water partition coefficient (Wildman–Crippen LogP) is 1.05. The Balaban J connectivity index is 1.38. The van der Waals surface area contributed by atoms with Crippen LogP contribution in [0.3, 0.4) is 0 Å². The number of hydrogen-bond donors (Lipinski definition) is 1. The van der Waals surface area contributed by atoms with E-state index in [1.165, 1.54) is 0 Å². The molecule has 1 fully saturated rings. The molecule has 0 saturated carbocycles. The van der Waals surface area contributed by atoms with Crippen molar-refractivity contribution in [3.05, 3.63) is 66.0 Å². The predicted molar refractivity (Wildman–Crippen MR) is 129 cm³/mol. The van der Waals surface area contributed by atoms with Crippen molar-refractivity contribution in [2.24, 2.45) is 0 Å². The Kier molecular flexibility index (Phi) is 7.22. The van der Waals surface area contributed by atoms with E-state index >= 15 is 0 Å². The fraction of sp³-hybridized carbons (Fsp3) is 0.360. The maximum atomic E-state index is 13.0. The first-order chi connectivity index (χ1) is 16.4. The monoisotopic (exact) mass is 462 g/mol. The van der Waals surface area contributed by atoms with Gasteiger partial charge in [0.25, 0.3) is 5.91 Å². The highest BCUT2D eigenvalue weighted by Crippen LogP contribution is 2.18. The number of carbonyl (C=O) groups is 3. The van der Waals surface area contributed by atoms with E-state index in [0.717, 1.165) is 16.6 Å². The average molecular weight is 463 g/mol. The van der Waals surface area contributed by atoms with Crippen molar-refractivity contribution in [3.63, 3.8) is 0 Å². The van der Waals surface area contributed by atoms with Crippen LogP contribution in [-0.4, -0.2) is 95.3 Å². The lowest BCUT2D eigenvalue weighted by Gasteiger charge is -2.34. The number of benzene rings is 2. The summed E-state index contributed by atoms with van der Waals surface area (Å²) in [5, 5.41) is 2.75. The Morgan fingerprint density at radius 2 is 1.62 bits per heavy atom. The number of nitrogens with one attached hydrogen (secondary N) is 1. The molecule has 9 nitrogen and oxygen atoms in total. The molecule has 0 atom stereocenters. The van der Waals surface area contributed by atoms with E-state index in [0.29, 0.717) is 39.3 Å². The highest BCUT2D eigenvalue weighted by Gasteiger charge is 2.24. The van der Waals surface area contributed by atoms with Gasteiger partial charge in [0.05, 0.1) is 24.1 Å². The summed E-state index contributed by atoms with van der Waals surface area (Å²) in [7, 11) is 3.47. The first kappa shape index (κ1) is 23.4. The van der Waals surface area contributed by atoms with Crippen molar-refractivity contribution in [1.82, 2.24) is 29.6 Å². The van der Waals surface area contributed by atoms with Crippen LogP contribution in [0.1, 0.15) is 16.2 Å². The van der Waals surface area contributed by atoms with Gasteiger partial charge < -0.3 is 19.7 Å². The Bertz CT molecular complexity index is 1170. The second kappa shape index (κ2) is 10.5. The van der Waals surface area contributed by atoms with Gasteiger partial charge >= 0.3 is 0 Å². The zero-order valence-electron chi connectivity index (χ0n) is 19.6. The fourth-order valence-electron chi connectivity index (χ4n) is 4.01. The van der Waals surface area contributed by atoms with E-state index in [4.69, 9.17) is 0 Å². The molecule has 2 heterocycles. The second-order valence-corrected chi connectivity index (χ2v) is 8.62. The van der Waals surface area contributed by atoms with Crippen LogP contribution in [0.5, 0.6) is 0 Å². The van der Waals surface area contributed by atoms with E-state index in [1.807, 2.05) is 64.1 Å². The Morgan fingerprint density at radius 1 is 0.941 bits per heavy atom. The number of para-hydroxylation sites is 2. The topological polar surface area (TPSA) is 90.8 Å². The van der Waals surface area contributed by atoms with Gasteiger partial charge in [-0.1, -0.05) is 42.5 Å². The van der Waals surface area contributed by atoms with Crippen LogP contribution >= 0.6 is 0 Å². The van der Waals surface area contributed by atoms with Crippen LogP contribution in [-0.2, 0) is 16.1 Å². The van der Waals surface area contributed by atoms with Crippen LogP contribution < -0.4 is 5.32 Å². The summed E-state index contributed by atoms with van der Waals surface area (Å²) in [4.78, 5) is 47.5. The van der Waals surface area contributed by atoms with E-state index in [-0.39, 0.29) is 30.1 Å². The second-order valence-electron chi connectivity index (χ2n) is 8.62. The Hall–Kier alpha value is -3.72. The standard InChI is InChI=1S/C25H30N6O3/c1-28(2)23(33)18-29-12-14-30(15-13-29)22(32)16-26-25(34)24-27-20-10-6-7-11-21(20)31(24)17-19-8-4-3-5-9-19/h3-11H,12-18H2,1-2H3,(H,26,34). The minimum absolute atomic E-state index is 0.0467. The lowest BCUT2D eigenvalue weighted by molar-refractivity contribution is -0.133. The molecule has 3 amide bonds. The Labute approximate surface area is 198 Å². The molecule has 1 N–H and O–H groups in total. The molecular weight excluding hydrogens is 432 g/mol. The van der Waals surface area contributed by atoms with Gasteiger partial charge in [-0.15, -0.1) is 0 Å². The van der Waals surface area contributed by atoms with Gasteiger partial charge in [-0.2, -0.15) is 0 Å². The lowest BCUT2D eigenvalue weighted by atomic mass is 10.2. The molecule has 0 radical (unpaired) electrons. The summed E-state index contributed by atoms with van der Waals surface area (Å²) in [6, 6.07) is 17.5. The molecule has 0 unspecified atom stereocenters.